The van der Waals surface area contributed by atoms with Gasteiger partial charge in [0, 0.05) is 6.04 Å². The molecule has 3 rings (SSSR count). The van der Waals surface area contributed by atoms with Gasteiger partial charge in [-0.15, -0.1) is 12.4 Å². The fourth-order valence-corrected chi connectivity index (χ4v) is 4.43. The predicted molar refractivity (Wildman–Crippen MR) is 102 cm³/mol. The predicted octanol–water partition coefficient (Wildman–Crippen LogP) is 2.16. The number of hydrogen-bond acceptors (Lipinski definition) is 5. The van der Waals surface area contributed by atoms with Gasteiger partial charge in [-0.25, -0.2) is 13.1 Å². The van der Waals surface area contributed by atoms with Crippen molar-refractivity contribution in [1.82, 2.24) is 4.72 Å². The summed E-state index contributed by atoms with van der Waals surface area (Å²) in [7, 11) is -2.14. The molecule has 0 unspecified atom stereocenters. The van der Waals surface area contributed by atoms with Crippen LogP contribution in [0.15, 0.2) is 23.1 Å². The zero-order valence-corrected chi connectivity index (χ0v) is 16.4. The quantitative estimate of drug-likeness (QED) is 0.674. The van der Waals surface area contributed by atoms with Crippen LogP contribution in [0.3, 0.4) is 0 Å². The maximum atomic E-state index is 12.6. The monoisotopic (exact) mass is 403 g/mol. The van der Waals surface area contributed by atoms with Crippen LogP contribution in [0.1, 0.15) is 44.9 Å². The SMILES string of the molecule is COc1ccc(S(=O)(=O)NC2CC2)cc1NC(=O)C1(N)CCCCC1.Cl. The molecule has 0 heterocycles. The third-order valence-electron chi connectivity index (χ3n) is 4.83. The highest BCUT2D eigenvalue weighted by Gasteiger charge is 2.36. The van der Waals surface area contributed by atoms with E-state index in [0.717, 1.165) is 32.1 Å². The number of carbonyl (C=O) groups excluding carboxylic acids is 1. The van der Waals surface area contributed by atoms with Crippen molar-refractivity contribution in [2.45, 2.75) is 61.4 Å². The van der Waals surface area contributed by atoms with Crippen molar-refractivity contribution in [3.8, 4) is 5.75 Å². The van der Waals surface area contributed by atoms with E-state index in [-0.39, 0.29) is 29.3 Å². The summed E-state index contributed by atoms with van der Waals surface area (Å²) in [5.41, 5.74) is 5.67. The summed E-state index contributed by atoms with van der Waals surface area (Å²) in [6.07, 6.45) is 5.88. The van der Waals surface area contributed by atoms with Crippen LogP contribution in [0.5, 0.6) is 5.75 Å². The average molecular weight is 404 g/mol. The van der Waals surface area contributed by atoms with Crippen LogP contribution in [-0.4, -0.2) is 33.0 Å². The Balaban J connectivity index is 0.00000243. The van der Waals surface area contributed by atoms with Gasteiger partial charge < -0.3 is 15.8 Å². The third-order valence-corrected chi connectivity index (χ3v) is 6.34. The van der Waals surface area contributed by atoms with E-state index in [1.165, 1.54) is 19.2 Å². The molecule has 0 bridgehead atoms. The van der Waals surface area contributed by atoms with Gasteiger partial charge in [-0.2, -0.15) is 0 Å². The van der Waals surface area contributed by atoms with Crippen molar-refractivity contribution < 1.29 is 17.9 Å². The van der Waals surface area contributed by atoms with Gasteiger partial charge in [0.25, 0.3) is 0 Å². The first-order chi connectivity index (χ1) is 11.8. The molecule has 2 fully saturated rings. The number of carbonyl (C=O) groups is 1. The second-order valence-electron chi connectivity index (χ2n) is 6.93. The van der Waals surface area contributed by atoms with E-state index in [1.54, 1.807) is 6.07 Å². The molecule has 7 nitrogen and oxygen atoms in total. The summed E-state index contributed by atoms with van der Waals surface area (Å²) in [6, 6.07) is 4.45. The molecule has 0 aliphatic heterocycles. The molecular weight excluding hydrogens is 378 g/mol. The Bertz CT molecular complexity index is 759. The van der Waals surface area contributed by atoms with E-state index < -0.39 is 15.6 Å². The van der Waals surface area contributed by atoms with Crippen molar-refractivity contribution in [2.24, 2.45) is 5.73 Å². The van der Waals surface area contributed by atoms with Crippen LogP contribution in [-0.2, 0) is 14.8 Å². The molecule has 2 aliphatic rings. The fraction of sp³-hybridized carbons (Fsp3) is 0.588. The largest absolute Gasteiger partial charge is 0.495 e. The standard InChI is InChI=1S/C17H25N3O4S.ClH/c1-24-15-8-7-13(25(22,23)20-12-5-6-12)11-14(15)19-16(21)17(18)9-3-2-4-10-17;/h7-8,11-12,20H,2-6,9-10,18H2,1H3,(H,19,21);1H. The number of sulfonamides is 1. The van der Waals surface area contributed by atoms with Gasteiger partial charge in [0.05, 0.1) is 23.2 Å². The number of nitrogens with two attached hydrogens (primary N) is 1. The van der Waals surface area contributed by atoms with Crippen LogP contribution in [0.25, 0.3) is 0 Å². The maximum Gasteiger partial charge on any atom is 0.244 e. The molecule has 1 amide bonds. The molecule has 2 saturated carbocycles. The van der Waals surface area contributed by atoms with Crippen molar-refractivity contribution in [1.29, 1.82) is 0 Å². The summed E-state index contributed by atoms with van der Waals surface area (Å²) in [4.78, 5) is 12.8. The zero-order chi connectivity index (χ0) is 18.1. The van der Waals surface area contributed by atoms with E-state index >= 15 is 0 Å². The minimum absolute atomic E-state index is 0. The number of methoxy groups -OCH3 is 1. The van der Waals surface area contributed by atoms with Gasteiger partial charge >= 0.3 is 0 Å². The maximum absolute atomic E-state index is 12.6. The van der Waals surface area contributed by atoms with Crippen molar-refractivity contribution in [3.63, 3.8) is 0 Å². The third kappa shape index (κ3) is 4.68. The summed E-state index contributed by atoms with van der Waals surface area (Å²) >= 11 is 0. The number of rotatable bonds is 6. The average Bonchev–Trinajstić information content (AvgIpc) is 3.38. The molecule has 0 aromatic heterocycles. The molecule has 4 N–H and O–H groups in total. The van der Waals surface area contributed by atoms with Crippen LogP contribution in [0, 0.1) is 0 Å². The molecule has 26 heavy (non-hydrogen) atoms. The number of amides is 1. The molecule has 1 aromatic rings. The lowest BCUT2D eigenvalue weighted by molar-refractivity contribution is -0.122. The van der Waals surface area contributed by atoms with Gasteiger partial charge in [-0.05, 0) is 43.9 Å². The molecule has 0 spiro atoms. The van der Waals surface area contributed by atoms with E-state index in [9.17, 15) is 13.2 Å². The van der Waals surface area contributed by atoms with Gasteiger partial charge in [0.1, 0.15) is 5.75 Å². The Labute approximate surface area is 160 Å². The van der Waals surface area contributed by atoms with E-state index in [4.69, 9.17) is 10.5 Å². The molecule has 1 aromatic carbocycles. The normalized spacial score (nSPS) is 19.3. The van der Waals surface area contributed by atoms with Crippen LogP contribution in [0.2, 0.25) is 0 Å². The lowest BCUT2D eigenvalue weighted by Crippen LogP contribution is -2.52. The first-order valence-electron chi connectivity index (χ1n) is 8.65. The zero-order valence-electron chi connectivity index (χ0n) is 14.8. The minimum atomic E-state index is -3.61. The van der Waals surface area contributed by atoms with E-state index in [0.29, 0.717) is 24.3 Å². The summed E-state index contributed by atoms with van der Waals surface area (Å²) < 4.78 is 32.7. The topological polar surface area (TPSA) is 111 Å². The van der Waals surface area contributed by atoms with E-state index in [1.807, 2.05) is 0 Å². The van der Waals surface area contributed by atoms with Crippen LogP contribution >= 0.6 is 12.4 Å². The van der Waals surface area contributed by atoms with Crippen molar-refractivity contribution >= 4 is 34.0 Å². The Kier molecular flexibility index (Phi) is 6.55. The highest BCUT2D eigenvalue weighted by molar-refractivity contribution is 7.89. The molecule has 146 valence electrons. The summed E-state index contributed by atoms with van der Waals surface area (Å²) in [5.74, 6) is 0.105. The lowest BCUT2D eigenvalue weighted by Gasteiger charge is -2.32. The van der Waals surface area contributed by atoms with Gasteiger partial charge in [-0.1, -0.05) is 19.3 Å². The number of anilines is 1. The van der Waals surface area contributed by atoms with Gasteiger partial charge in [0.2, 0.25) is 15.9 Å². The Morgan fingerprint density at radius 3 is 2.46 bits per heavy atom. The number of hydrogen-bond donors (Lipinski definition) is 3. The minimum Gasteiger partial charge on any atom is -0.495 e. The van der Waals surface area contributed by atoms with Gasteiger partial charge in [0.15, 0.2) is 0 Å². The van der Waals surface area contributed by atoms with Crippen molar-refractivity contribution in [3.05, 3.63) is 18.2 Å². The molecule has 0 saturated heterocycles. The first-order valence-corrected chi connectivity index (χ1v) is 10.1. The Morgan fingerprint density at radius 1 is 1.23 bits per heavy atom. The molecule has 9 heteroatoms. The number of nitrogens with one attached hydrogen (secondary N) is 2. The van der Waals surface area contributed by atoms with E-state index in [2.05, 4.69) is 10.0 Å². The lowest BCUT2D eigenvalue weighted by atomic mass is 9.82. The second kappa shape index (κ2) is 8.12. The van der Waals surface area contributed by atoms with Crippen LogP contribution < -0.4 is 20.5 Å². The smallest absolute Gasteiger partial charge is 0.244 e. The van der Waals surface area contributed by atoms with Crippen LogP contribution in [0.4, 0.5) is 5.69 Å². The second-order valence-corrected chi connectivity index (χ2v) is 8.64. The number of benzene rings is 1. The first kappa shape index (κ1) is 21.0. The molecule has 2 aliphatic carbocycles. The molecule has 0 radical (unpaired) electrons. The molecule has 0 atom stereocenters. The fourth-order valence-electron chi connectivity index (χ4n) is 3.10. The highest BCUT2D eigenvalue weighted by atomic mass is 35.5. The van der Waals surface area contributed by atoms with Gasteiger partial charge in [-0.3, -0.25) is 4.79 Å². The Morgan fingerprint density at radius 2 is 1.88 bits per heavy atom. The number of halogens is 1. The highest BCUT2D eigenvalue weighted by Crippen LogP contribution is 2.32. The van der Waals surface area contributed by atoms with Crippen molar-refractivity contribution in [2.75, 3.05) is 12.4 Å². The Hall–Kier alpha value is -1.35. The number of ether oxygens (including phenoxy) is 1. The summed E-state index contributed by atoms with van der Waals surface area (Å²) in [5, 5.41) is 2.77. The molecular formula is C17H26ClN3O4S. The summed E-state index contributed by atoms with van der Waals surface area (Å²) in [6.45, 7) is 0.